The molecule has 0 bridgehead atoms. The summed E-state index contributed by atoms with van der Waals surface area (Å²) in [6.07, 6.45) is 0.544. The Kier molecular flexibility index (Phi) is 4.33. The van der Waals surface area contributed by atoms with Crippen molar-refractivity contribution in [3.05, 3.63) is 46.5 Å². The summed E-state index contributed by atoms with van der Waals surface area (Å²) >= 11 is 0. The Balaban J connectivity index is 1.99. The standard InChI is InChI=1S/C14H14FN3O2/c1-9-12(17-18-13(9)7-16)4-5-20-14-3-2-11(15)6-10(14)8-19/h2-3,6,19H,4-5,8H2,1H3,(H,17,18). The third-order valence-corrected chi connectivity index (χ3v) is 3.02. The van der Waals surface area contributed by atoms with Gasteiger partial charge in [0, 0.05) is 23.2 Å². The second-order valence-electron chi connectivity index (χ2n) is 4.30. The van der Waals surface area contributed by atoms with Gasteiger partial charge in [-0.3, -0.25) is 5.10 Å². The maximum atomic E-state index is 13.0. The second kappa shape index (κ2) is 6.17. The number of nitrogens with one attached hydrogen (secondary N) is 1. The molecule has 6 heteroatoms. The van der Waals surface area contributed by atoms with Crippen LogP contribution in [0.3, 0.4) is 0 Å². The van der Waals surface area contributed by atoms with Crippen LogP contribution < -0.4 is 4.74 Å². The molecular formula is C14H14FN3O2. The summed E-state index contributed by atoms with van der Waals surface area (Å²) < 4.78 is 18.5. The lowest BCUT2D eigenvalue weighted by molar-refractivity contribution is 0.262. The van der Waals surface area contributed by atoms with Gasteiger partial charge in [0.2, 0.25) is 0 Å². The van der Waals surface area contributed by atoms with Gasteiger partial charge < -0.3 is 9.84 Å². The molecule has 0 saturated heterocycles. The van der Waals surface area contributed by atoms with Crippen LogP contribution in [0.1, 0.15) is 22.5 Å². The first-order valence-corrected chi connectivity index (χ1v) is 6.11. The zero-order valence-electron chi connectivity index (χ0n) is 11.0. The van der Waals surface area contributed by atoms with Crippen molar-refractivity contribution in [3.63, 3.8) is 0 Å². The van der Waals surface area contributed by atoms with Gasteiger partial charge in [-0.15, -0.1) is 0 Å². The zero-order chi connectivity index (χ0) is 14.5. The van der Waals surface area contributed by atoms with Crippen LogP contribution in [0.4, 0.5) is 4.39 Å². The predicted molar refractivity (Wildman–Crippen MR) is 69.6 cm³/mol. The van der Waals surface area contributed by atoms with Gasteiger partial charge in [-0.25, -0.2) is 4.39 Å². The van der Waals surface area contributed by atoms with Crippen LogP contribution in [0.2, 0.25) is 0 Å². The van der Waals surface area contributed by atoms with Crippen molar-refractivity contribution in [3.8, 4) is 11.8 Å². The van der Waals surface area contributed by atoms with Gasteiger partial charge >= 0.3 is 0 Å². The fourth-order valence-corrected chi connectivity index (χ4v) is 1.86. The smallest absolute Gasteiger partial charge is 0.165 e. The van der Waals surface area contributed by atoms with Crippen molar-refractivity contribution < 1.29 is 14.2 Å². The molecule has 1 heterocycles. The fraction of sp³-hybridized carbons (Fsp3) is 0.286. The summed E-state index contributed by atoms with van der Waals surface area (Å²) in [4.78, 5) is 0. The first-order valence-electron chi connectivity index (χ1n) is 6.11. The van der Waals surface area contributed by atoms with Crippen molar-refractivity contribution in [1.82, 2.24) is 10.2 Å². The number of rotatable bonds is 5. The van der Waals surface area contributed by atoms with Crippen LogP contribution in [0.15, 0.2) is 18.2 Å². The van der Waals surface area contributed by atoms with E-state index in [-0.39, 0.29) is 6.61 Å². The number of ether oxygens (including phenoxy) is 1. The van der Waals surface area contributed by atoms with Crippen molar-refractivity contribution in [2.24, 2.45) is 0 Å². The molecular weight excluding hydrogens is 261 g/mol. The lowest BCUT2D eigenvalue weighted by Crippen LogP contribution is -2.05. The minimum Gasteiger partial charge on any atom is -0.493 e. The topological polar surface area (TPSA) is 81.9 Å². The monoisotopic (exact) mass is 275 g/mol. The molecule has 2 aromatic rings. The molecule has 0 unspecified atom stereocenters. The third-order valence-electron chi connectivity index (χ3n) is 3.02. The molecule has 0 atom stereocenters. The van der Waals surface area contributed by atoms with E-state index in [1.165, 1.54) is 18.2 Å². The van der Waals surface area contributed by atoms with Crippen molar-refractivity contribution in [1.29, 1.82) is 5.26 Å². The SMILES string of the molecule is Cc1c(C#N)n[nH]c1CCOc1ccc(F)cc1CO. The van der Waals surface area contributed by atoms with E-state index < -0.39 is 5.82 Å². The average molecular weight is 275 g/mol. The largest absolute Gasteiger partial charge is 0.493 e. The van der Waals surface area contributed by atoms with Gasteiger partial charge in [0.1, 0.15) is 17.6 Å². The van der Waals surface area contributed by atoms with Crippen LogP contribution in [0.5, 0.6) is 5.75 Å². The van der Waals surface area contributed by atoms with Gasteiger partial charge in [-0.2, -0.15) is 10.4 Å². The minimum absolute atomic E-state index is 0.283. The minimum atomic E-state index is -0.413. The van der Waals surface area contributed by atoms with Gasteiger partial charge in [-0.1, -0.05) is 0 Å². The first kappa shape index (κ1) is 14.0. The van der Waals surface area contributed by atoms with E-state index >= 15 is 0 Å². The highest BCUT2D eigenvalue weighted by Crippen LogP contribution is 2.20. The highest BCUT2D eigenvalue weighted by atomic mass is 19.1. The summed E-state index contributed by atoms with van der Waals surface area (Å²) in [7, 11) is 0. The number of hydrogen-bond acceptors (Lipinski definition) is 4. The molecule has 1 aromatic heterocycles. The van der Waals surface area contributed by atoms with Gasteiger partial charge in [0.05, 0.1) is 13.2 Å². The van der Waals surface area contributed by atoms with Crippen LogP contribution in [-0.2, 0) is 13.0 Å². The molecule has 2 N–H and O–H groups in total. The molecule has 1 aromatic carbocycles. The summed E-state index contributed by atoms with van der Waals surface area (Å²) in [5.41, 5.74) is 2.41. The number of aromatic amines is 1. The highest BCUT2D eigenvalue weighted by Gasteiger charge is 2.09. The second-order valence-corrected chi connectivity index (χ2v) is 4.30. The maximum absolute atomic E-state index is 13.0. The van der Waals surface area contributed by atoms with E-state index in [0.29, 0.717) is 30.0 Å². The molecule has 0 radical (unpaired) electrons. The highest BCUT2D eigenvalue weighted by molar-refractivity contribution is 5.34. The first-order chi connectivity index (χ1) is 9.65. The van der Waals surface area contributed by atoms with E-state index in [2.05, 4.69) is 10.2 Å². The lowest BCUT2D eigenvalue weighted by Gasteiger charge is -2.09. The average Bonchev–Trinajstić information content (AvgIpc) is 2.81. The number of H-pyrrole nitrogens is 1. The number of halogens is 1. The summed E-state index contributed by atoms with van der Waals surface area (Å²) in [6, 6.07) is 6.00. The van der Waals surface area contributed by atoms with Gasteiger partial charge in [-0.05, 0) is 25.1 Å². The van der Waals surface area contributed by atoms with E-state index in [4.69, 9.17) is 15.1 Å². The number of aliphatic hydroxyl groups is 1. The molecule has 20 heavy (non-hydrogen) atoms. The van der Waals surface area contributed by atoms with E-state index in [1.54, 1.807) is 0 Å². The normalized spacial score (nSPS) is 10.3. The molecule has 104 valence electrons. The molecule has 0 fully saturated rings. The zero-order valence-corrected chi connectivity index (χ0v) is 11.0. The van der Waals surface area contributed by atoms with Crippen LogP contribution in [0.25, 0.3) is 0 Å². The molecule has 0 spiro atoms. The number of aromatic nitrogens is 2. The predicted octanol–water partition coefficient (Wildman–Crippen LogP) is 1.84. The molecule has 5 nitrogen and oxygen atoms in total. The number of aliphatic hydroxyl groups excluding tert-OH is 1. The lowest BCUT2D eigenvalue weighted by atomic mass is 10.2. The summed E-state index contributed by atoms with van der Waals surface area (Å²) in [6.45, 7) is 1.87. The Morgan fingerprint density at radius 2 is 2.30 bits per heavy atom. The van der Waals surface area contributed by atoms with Crippen LogP contribution >= 0.6 is 0 Å². The Hall–Kier alpha value is -2.39. The quantitative estimate of drug-likeness (QED) is 0.872. The van der Waals surface area contributed by atoms with Gasteiger partial charge in [0.25, 0.3) is 0 Å². The third kappa shape index (κ3) is 2.95. The van der Waals surface area contributed by atoms with E-state index in [0.717, 1.165) is 11.3 Å². The van der Waals surface area contributed by atoms with Crippen LogP contribution in [-0.4, -0.2) is 21.9 Å². The van der Waals surface area contributed by atoms with Gasteiger partial charge in [0.15, 0.2) is 5.69 Å². The Morgan fingerprint density at radius 3 is 2.95 bits per heavy atom. The van der Waals surface area contributed by atoms with E-state index in [9.17, 15) is 4.39 Å². The molecule has 0 aliphatic rings. The molecule has 0 amide bonds. The number of nitrogens with zero attached hydrogens (tertiary/aromatic N) is 2. The summed E-state index contributed by atoms with van der Waals surface area (Å²) in [5.74, 6) is 0.0380. The van der Waals surface area contributed by atoms with E-state index in [1.807, 2.05) is 13.0 Å². The fourth-order valence-electron chi connectivity index (χ4n) is 1.86. The van der Waals surface area contributed by atoms with Crippen molar-refractivity contribution >= 4 is 0 Å². The number of hydrogen-bond donors (Lipinski definition) is 2. The number of nitriles is 1. The Labute approximate surface area is 115 Å². The molecule has 2 rings (SSSR count). The summed E-state index contributed by atoms with van der Waals surface area (Å²) in [5, 5.41) is 24.6. The Morgan fingerprint density at radius 1 is 1.50 bits per heavy atom. The van der Waals surface area contributed by atoms with Crippen molar-refractivity contribution in [2.75, 3.05) is 6.61 Å². The van der Waals surface area contributed by atoms with Crippen molar-refractivity contribution in [2.45, 2.75) is 20.0 Å². The Bertz CT molecular complexity index is 646. The van der Waals surface area contributed by atoms with Crippen LogP contribution in [0, 0.1) is 24.1 Å². The molecule has 0 aliphatic carbocycles. The molecule has 0 saturated carbocycles. The molecule has 0 aliphatic heterocycles. The number of benzene rings is 1. The maximum Gasteiger partial charge on any atom is 0.165 e.